The van der Waals surface area contributed by atoms with Crippen molar-refractivity contribution in [1.29, 1.82) is 0 Å². The van der Waals surface area contributed by atoms with Gasteiger partial charge in [-0.25, -0.2) is 9.18 Å². The second kappa shape index (κ2) is 6.32. The molecule has 2 amide bonds. The normalized spacial score (nSPS) is 13.3. The number of nitrogens with one attached hydrogen (secondary N) is 2. The largest absolute Gasteiger partial charge is 0.384 e. The molecule has 0 fully saturated rings. The Hall–Kier alpha value is -2.47. The molecule has 2 aromatic rings. The highest BCUT2D eigenvalue weighted by Crippen LogP contribution is 2.20. The molecule has 21 heavy (non-hydrogen) atoms. The molecule has 0 aliphatic heterocycles. The number of pyridine rings is 1. The molecule has 3 N–H and O–H groups in total. The van der Waals surface area contributed by atoms with Crippen molar-refractivity contribution in [2.45, 2.75) is 12.5 Å². The summed E-state index contributed by atoms with van der Waals surface area (Å²) in [6.07, 6.45) is 3.11. The molecule has 0 aliphatic rings. The van der Waals surface area contributed by atoms with Gasteiger partial charge in [-0.05, 0) is 36.8 Å². The van der Waals surface area contributed by atoms with Crippen LogP contribution in [0.25, 0.3) is 0 Å². The summed E-state index contributed by atoms with van der Waals surface area (Å²) in [5.74, 6) is -0.436. The molecular formula is C15H16FN3O2. The highest BCUT2D eigenvalue weighted by molar-refractivity contribution is 5.89. The minimum atomic E-state index is -1.36. The highest BCUT2D eigenvalue weighted by atomic mass is 19.1. The van der Waals surface area contributed by atoms with Gasteiger partial charge in [0.2, 0.25) is 0 Å². The Morgan fingerprint density at radius 1 is 1.33 bits per heavy atom. The maximum Gasteiger partial charge on any atom is 0.319 e. The molecule has 0 aliphatic carbocycles. The maximum absolute atomic E-state index is 13.2. The van der Waals surface area contributed by atoms with E-state index in [4.69, 9.17) is 0 Å². The molecular weight excluding hydrogens is 273 g/mol. The third-order valence-electron chi connectivity index (χ3n) is 2.98. The summed E-state index contributed by atoms with van der Waals surface area (Å²) in [5, 5.41) is 15.5. The summed E-state index contributed by atoms with van der Waals surface area (Å²) in [6, 6.07) is 8.47. The molecule has 0 radical (unpaired) electrons. The van der Waals surface area contributed by atoms with Gasteiger partial charge in [-0.2, -0.15) is 0 Å². The lowest BCUT2D eigenvalue weighted by Crippen LogP contribution is -2.40. The minimum Gasteiger partial charge on any atom is -0.384 e. The van der Waals surface area contributed by atoms with Crippen molar-refractivity contribution in [1.82, 2.24) is 10.3 Å². The molecule has 1 atom stereocenters. The van der Waals surface area contributed by atoms with Crippen molar-refractivity contribution < 1.29 is 14.3 Å². The number of rotatable bonds is 4. The van der Waals surface area contributed by atoms with Crippen molar-refractivity contribution in [2.75, 3.05) is 11.9 Å². The fourth-order valence-corrected chi connectivity index (χ4v) is 1.79. The van der Waals surface area contributed by atoms with Crippen molar-refractivity contribution in [3.63, 3.8) is 0 Å². The zero-order valence-electron chi connectivity index (χ0n) is 11.5. The number of nitrogens with zero attached hydrogens (tertiary/aromatic N) is 1. The number of aromatic nitrogens is 1. The molecule has 110 valence electrons. The van der Waals surface area contributed by atoms with Crippen molar-refractivity contribution >= 4 is 11.7 Å². The summed E-state index contributed by atoms with van der Waals surface area (Å²) < 4.78 is 13.2. The monoisotopic (exact) mass is 289 g/mol. The van der Waals surface area contributed by atoms with Crippen LogP contribution >= 0.6 is 0 Å². The Morgan fingerprint density at radius 2 is 2.05 bits per heavy atom. The average molecular weight is 289 g/mol. The van der Waals surface area contributed by atoms with Gasteiger partial charge in [0.25, 0.3) is 0 Å². The van der Waals surface area contributed by atoms with Crippen LogP contribution in [0.3, 0.4) is 0 Å². The summed E-state index contributed by atoms with van der Waals surface area (Å²) in [5.41, 5.74) is -0.378. The molecule has 0 saturated heterocycles. The van der Waals surface area contributed by atoms with Crippen LogP contribution in [-0.2, 0) is 5.60 Å². The molecule has 1 aromatic heterocycles. The van der Waals surface area contributed by atoms with Gasteiger partial charge >= 0.3 is 6.03 Å². The molecule has 1 aromatic carbocycles. The number of hydrogen-bond donors (Lipinski definition) is 3. The van der Waals surface area contributed by atoms with E-state index in [0.29, 0.717) is 11.3 Å². The first-order chi connectivity index (χ1) is 9.97. The number of anilines is 1. The topological polar surface area (TPSA) is 74.2 Å². The number of benzene rings is 1. The number of aliphatic hydroxyl groups is 1. The van der Waals surface area contributed by atoms with Gasteiger partial charge in [-0.1, -0.05) is 12.1 Å². The van der Waals surface area contributed by atoms with E-state index in [1.165, 1.54) is 25.1 Å². The first-order valence-corrected chi connectivity index (χ1v) is 6.41. The Bertz CT molecular complexity index is 617. The number of carbonyl (C=O) groups is 1. The van der Waals surface area contributed by atoms with E-state index in [2.05, 4.69) is 15.6 Å². The van der Waals surface area contributed by atoms with Crippen molar-refractivity contribution in [2.24, 2.45) is 0 Å². The summed E-state index contributed by atoms with van der Waals surface area (Å²) in [4.78, 5) is 15.6. The van der Waals surface area contributed by atoms with Crippen LogP contribution < -0.4 is 10.6 Å². The fraction of sp³-hybridized carbons (Fsp3) is 0.200. The lowest BCUT2D eigenvalue weighted by molar-refractivity contribution is 0.0596. The van der Waals surface area contributed by atoms with E-state index in [0.717, 1.165) is 0 Å². The van der Waals surface area contributed by atoms with E-state index in [1.54, 1.807) is 30.6 Å². The molecule has 1 unspecified atom stereocenters. The van der Waals surface area contributed by atoms with E-state index in [-0.39, 0.29) is 6.54 Å². The van der Waals surface area contributed by atoms with Crippen LogP contribution in [0.1, 0.15) is 12.5 Å². The maximum atomic E-state index is 13.2. The highest BCUT2D eigenvalue weighted by Gasteiger charge is 2.24. The second-order valence-electron chi connectivity index (χ2n) is 4.83. The fourth-order valence-electron chi connectivity index (χ4n) is 1.79. The number of halogens is 1. The first kappa shape index (κ1) is 14.9. The van der Waals surface area contributed by atoms with Crippen LogP contribution in [0.5, 0.6) is 0 Å². The Labute approximate surface area is 121 Å². The quantitative estimate of drug-likeness (QED) is 0.808. The van der Waals surface area contributed by atoms with Gasteiger partial charge in [-0.3, -0.25) is 4.98 Å². The molecule has 1 heterocycles. The molecule has 5 nitrogen and oxygen atoms in total. The van der Waals surface area contributed by atoms with Crippen LogP contribution in [-0.4, -0.2) is 22.7 Å². The Balaban J connectivity index is 1.94. The van der Waals surface area contributed by atoms with Gasteiger partial charge < -0.3 is 15.7 Å². The Morgan fingerprint density at radius 3 is 2.71 bits per heavy atom. The van der Waals surface area contributed by atoms with Crippen LogP contribution in [0.2, 0.25) is 0 Å². The predicted octanol–water partition coefficient (Wildman–Crippen LogP) is 2.25. The van der Waals surface area contributed by atoms with E-state index >= 15 is 0 Å². The second-order valence-corrected chi connectivity index (χ2v) is 4.83. The lowest BCUT2D eigenvalue weighted by Gasteiger charge is -2.24. The van der Waals surface area contributed by atoms with E-state index in [1.807, 2.05) is 0 Å². The van der Waals surface area contributed by atoms with Gasteiger partial charge in [0, 0.05) is 18.1 Å². The van der Waals surface area contributed by atoms with Crippen LogP contribution in [0.15, 0.2) is 48.8 Å². The molecule has 0 spiro atoms. The average Bonchev–Trinajstić information content (AvgIpc) is 2.46. The molecule has 6 heteroatoms. The van der Waals surface area contributed by atoms with Gasteiger partial charge in [0.05, 0.1) is 6.54 Å². The number of hydrogen-bond acceptors (Lipinski definition) is 3. The SMILES string of the molecule is CC(O)(CNC(=O)Nc1ccncc1)c1cccc(F)c1. The standard InChI is InChI=1S/C15H16FN3O2/c1-15(21,11-3-2-4-12(16)9-11)10-18-14(20)19-13-5-7-17-8-6-13/h2-9,21H,10H2,1H3,(H2,17,18,19,20). The third-order valence-corrected chi connectivity index (χ3v) is 2.98. The number of carbonyl (C=O) groups excluding carboxylic acids is 1. The van der Waals surface area contributed by atoms with Crippen molar-refractivity contribution in [3.8, 4) is 0 Å². The summed E-state index contributed by atoms with van der Waals surface area (Å²) in [7, 11) is 0. The Kier molecular flexibility index (Phi) is 4.49. The minimum absolute atomic E-state index is 0.0482. The van der Waals surface area contributed by atoms with Gasteiger partial charge in [0.15, 0.2) is 0 Å². The van der Waals surface area contributed by atoms with E-state index in [9.17, 15) is 14.3 Å². The lowest BCUT2D eigenvalue weighted by atomic mass is 9.96. The molecule has 0 saturated carbocycles. The first-order valence-electron chi connectivity index (χ1n) is 6.41. The smallest absolute Gasteiger partial charge is 0.319 e. The number of urea groups is 1. The van der Waals surface area contributed by atoms with Crippen LogP contribution in [0, 0.1) is 5.82 Å². The predicted molar refractivity (Wildman–Crippen MR) is 77.2 cm³/mol. The summed E-state index contributed by atoms with van der Waals surface area (Å²) in [6.45, 7) is 1.46. The van der Waals surface area contributed by atoms with Crippen molar-refractivity contribution in [3.05, 3.63) is 60.2 Å². The molecule has 2 rings (SSSR count). The van der Waals surface area contributed by atoms with E-state index < -0.39 is 17.4 Å². The van der Waals surface area contributed by atoms with Crippen LogP contribution in [0.4, 0.5) is 14.9 Å². The summed E-state index contributed by atoms with van der Waals surface area (Å²) >= 11 is 0. The number of amides is 2. The molecule has 0 bridgehead atoms. The van der Waals surface area contributed by atoms with Gasteiger partial charge in [0.1, 0.15) is 11.4 Å². The zero-order valence-corrected chi connectivity index (χ0v) is 11.5. The zero-order chi connectivity index (χ0) is 15.3. The van der Waals surface area contributed by atoms with Gasteiger partial charge in [-0.15, -0.1) is 0 Å². The third kappa shape index (κ3) is 4.25.